The molecule has 1 atom stereocenters. The van der Waals surface area contributed by atoms with Gasteiger partial charge in [-0.1, -0.05) is 0 Å². The fourth-order valence-electron chi connectivity index (χ4n) is 3.75. The number of hydrogen-bond donors (Lipinski definition) is 0. The van der Waals surface area contributed by atoms with Crippen LogP contribution in [0.2, 0.25) is 0 Å². The molecule has 0 saturated carbocycles. The third-order valence-corrected chi connectivity index (χ3v) is 6.14. The number of benzene rings is 1. The Bertz CT molecular complexity index is 981. The van der Waals surface area contributed by atoms with Crippen LogP contribution in [0.3, 0.4) is 0 Å². The van der Waals surface area contributed by atoms with Crippen LogP contribution in [0, 0.1) is 24.0 Å². The van der Waals surface area contributed by atoms with Crippen molar-refractivity contribution in [2.75, 3.05) is 17.7 Å². The van der Waals surface area contributed by atoms with Crippen molar-refractivity contribution in [2.24, 2.45) is 7.05 Å². The summed E-state index contributed by atoms with van der Waals surface area (Å²) >= 11 is 0. The Balaban J connectivity index is 2.11. The van der Waals surface area contributed by atoms with Gasteiger partial charge in [-0.3, -0.25) is 14.8 Å². The summed E-state index contributed by atoms with van der Waals surface area (Å²) in [7, 11) is -1.63. The highest BCUT2D eigenvalue weighted by molar-refractivity contribution is 7.90. The molecule has 26 heavy (non-hydrogen) atoms. The number of nitro benzene ring substituents is 1. The SMILES string of the molecule is Cc1nn(C)c(C)c1C1CCCN1c1ccc(S(C)(=O)=O)cc1[N+](=O)[O-]. The molecule has 1 fully saturated rings. The molecule has 0 amide bonds. The molecule has 1 unspecified atom stereocenters. The first-order valence-electron chi connectivity index (χ1n) is 8.36. The molecular weight excluding hydrogens is 356 g/mol. The van der Waals surface area contributed by atoms with E-state index in [2.05, 4.69) is 5.10 Å². The van der Waals surface area contributed by atoms with Gasteiger partial charge < -0.3 is 4.90 Å². The van der Waals surface area contributed by atoms with Crippen molar-refractivity contribution < 1.29 is 13.3 Å². The van der Waals surface area contributed by atoms with Gasteiger partial charge in [-0.15, -0.1) is 0 Å². The second-order valence-electron chi connectivity index (χ2n) is 6.74. The van der Waals surface area contributed by atoms with Crippen molar-refractivity contribution >= 4 is 21.2 Å². The van der Waals surface area contributed by atoms with E-state index in [0.717, 1.165) is 42.1 Å². The molecule has 1 aliphatic heterocycles. The van der Waals surface area contributed by atoms with Gasteiger partial charge in [0.2, 0.25) is 0 Å². The van der Waals surface area contributed by atoms with E-state index in [9.17, 15) is 18.5 Å². The van der Waals surface area contributed by atoms with Crippen molar-refractivity contribution in [1.29, 1.82) is 0 Å². The molecule has 1 aromatic heterocycles. The van der Waals surface area contributed by atoms with E-state index in [1.807, 2.05) is 30.5 Å². The van der Waals surface area contributed by atoms with E-state index in [1.54, 1.807) is 6.07 Å². The molecule has 0 bridgehead atoms. The molecule has 1 saturated heterocycles. The summed E-state index contributed by atoms with van der Waals surface area (Å²) in [6.07, 6.45) is 2.83. The average Bonchev–Trinajstić information content (AvgIpc) is 3.10. The number of rotatable bonds is 4. The van der Waals surface area contributed by atoms with Gasteiger partial charge in [-0.2, -0.15) is 5.10 Å². The van der Waals surface area contributed by atoms with E-state index < -0.39 is 14.8 Å². The van der Waals surface area contributed by atoms with Crippen LogP contribution in [-0.2, 0) is 16.9 Å². The van der Waals surface area contributed by atoms with Crippen LogP contribution < -0.4 is 4.90 Å². The number of anilines is 1. The van der Waals surface area contributed by atoms with Gasteiger partial charge in [-0.05, 0) is 38.8 Å². The second kappa shape index (κ2) is 6.39. The number of nitro groups is 1. The van der Waals surface area contributed by atoms with Crippen molar-refractivity contribution in [1.82, 2.24) is 9.78 Å². The van der Waals surface area contributed by atoms with Crippen LogP contribution in [0.15, 0.2) is 23.1 Å². The highest BCUT2D eigenvalue weighted by atomic mass is 32.2. The molecule has 1 aromatic carbocycles. The summed E-state index contributed by atoms with van der Waals surface area (Å²) in [6.45, 7) is 4.62. The van der Waals surface area contributed by atoms with Crippen molar-refractivity contribution in [3.8, 4) is 0 Å². The van der Waals surface area contributed by atoms with Crippen LogP contribution in [0.5, 0.6) is 0 Å². The molecule has 0 radical (unpaired) electrons. The Morgan fingerprint density at radius 3 is 2.54 bits per heavy atom. The molecule has 3 rings (SSSR count). The van der Waals surface area contributed by atoms with E-state index in [1.165, 1.54) is 6.07 Å². The van der Waals surface area contributed by atoms with Gasteiger partial charge >= 0.3 is 0 Å². The number of aryl methyl sites for hydroxylation is 2. The molecule has 2 heterocycles. The zero-order valence-corrected chi connectivity index (χ0v) is 16.1. The quantitative estimate of drug-likeness (QED) is 0.599. The van der Waals surface area contributed by atoms with Crippen LogP contribution >= 0.6 is 0 Å². The van der Waals surface area contributed by atoms with E-state index in [0.29, 0.717) is 12.2 Å². The lowest BCUT2D eigenvalue weighted by atomic mass is 10.0. The van der Waals surface area contributed by atoms with Gasteiger partial charge in [0.25, 0.3) is 5.69 Å². The molecule has 0 aliphatic carbocycles. The number of nitrogens with zero attached hydrogens (tertiary/aromatic N) is 4. The van der Waals surface area contributed by atoms with E-state index in [4.69, 9.17) is 0 Å². The van der Waals surface area contributed by atoms with Gasteiger partial charge in [0.05, 0.1) is 21.6 Å². The smallest absolute Gasteiger partial charge is 0.293 e. The van der Waals surface area contributed by atoms with Gasteiger partial charge in [0.1, 0.15) is 5.69 Å². The fourth-order valence-corrected chi connectivity index (χ4v) is 4.39. The fraction of sp³-hybridized carbons (Fsp3) is 0.471. The Labute approximate surface area is 152 Å². The van der Waals surface area contributed by atoms with E-state index >= 15 is 0 Å². The second-order valence-corrected chi connectivity index (χ2v) is 8.76. The normalized spacial score (nSPS) is 17.7. The summed E-state index contributed by atoms with van der Waals surface area (Å²) in [5.41, 5.74) is 3.31. The van der Waals surface area contributed by atoms with Crippen molar-refractivity contribution in [2.45, 2.75) is 37.6 Å². The highest BCUT2D eigenvalue weighted by Gasteiger charge is 2.34. The summed E-state index contributed by atoms with van der Waals surface area (Å²) in [6, 6.07) is 4.14. The molecular formula is C17H22N4O4S. The number of hydrogen-bond acceptors (Lipinski definition) is 6. The Kier molecular flexibility index (Phi) is 4.51. The van der Waals surface area contributed by atoms with Crippen LogP contribution in [0.4, 0.5) is 11.4 Å². The minimum absolute atomic E-state index is 0.00789. The molecule has 8 nitrogen and oxygen atoms in total. The predicted octanol–water partition coefficient (Wildman–Crippen LogP) is 2.69. The summed E-state index contributed by atoms with van der Waals surface area (Å²) in [4.78, 5) is 13.1. The van der Waals surface area contributed by atoms with Gasteiger partial charge in [0.15, 0.2) is 9.84 Å². The standard InChI is InChI=1S/C17H22N4O4S/c1-11-17(12(2)19(3)18-11)15-6-5-9-20(15)14-8-7-13(26(4,24)25)10-16(14)21(22)23/h7-8,10,15H,5-6,9H2,1-4H3. The maximum Gasteiger partial charge on any atom is 0.293 e. The maximum absolute atomic E-state index is 11.8. The molecule has 140 valence electrons. The number of sulfone groups is 1. The topological polar surface area (TPSA) is 98.3 Å². The maximum atomic E-state index is 11.8. The zero-order valence-electron chi connectivity index (χ0n) is 15.3. The molecule has 9 heteroatoms. The van der Waals surface area contributed by atoms with Gasteiger partial charge in [-0.25, -0.2) is 8.42 Å². The highest BCUT2D eigenvalue weighted by Crippen LogP contribution is 2.42. The van der Waals surface area contributed by atoms with Crippen LogP contribution in [-0.4, -0.2) is 35.9 Å². The third kappa shape index (κ3) is 3.07. The van der Waals surface area contributed by atoms with E-state index in [-0.39, 0.29) is 16.6 Å². The largest absolute Gasteiger partial charge is 0.359 e. The molecule has 0 N–H and O–H groups in total. The molecule has 1 aliphatic rings. The summed E-state index contributed by atoms with van der Waals surface area (Å²) in [5.74, 6) is 0. The molecule has 2 aromatic rings. The van der Waals surface area contributed by atoms with Gasteiger partial charge in [0, 0.05) is 37.2 Å². The summed E-state index contributed by atoms with van der Waals surface area (Å²) < 4.78 is 25.4. The minimum Gasteiger partial charge on any atom is -0.359 e. The average molecular weight is 378 g/mol. The Morgan fingerprint density at radius 1 is 1.31 bits per heavy atom. The van der Waals surface area contributed by atoms with Crippen LogP contribution in [0.25, 0.3) is 0 Å². The lowest BCUT2D eigenvalue weighted by Gasteiger charge is -2.27. The Hall–Kier alpha value is -2.42. The Morgan fingerprint density at radius 2 is 2.00 bits per heavy atom. The monoisotopic (exact) mass is 378 g/mol. The predicted molar refractivity (Wildman–Crippen MR) is 98.2 cm³/mol. The zero-order chi connectivity index (χ0) is 19.2. The van der Waals surface area contributed by atoms with Crippen LogP contribution in [0.1, 0.15) is 35.8 Å². The first-order valence-corrected chi connectivity index (χ1v) is 10.3. The van der Waals surface area contributed by atoms with Crippen molar-refractivity contribution in [3.63, 3.8) is 0 Å². The first-order chi connectivity index (χ1) is 12.1. The first kappa shape index (κ1) is 18.4. The minimum atomic E-state index is -3.51. The third-order valence-electron chi connectivity index (χ3n) is 5.03. The lowest BCUT2D eigenvalue weighted by Crippen LogP contribution is -2.24. The lowest BCUT2D eigenvalue weighted by molar-refractivity contribution is -0.384. The number of aromatic nitrogens is 2. The molecule has 0 spiro atoms. The van der Waals surface area contributed by atoms with Crippen molar-refractivity contribution in [3.05, 3.63) is 45.3 Å². The summed E-state index contributed by atoms with van der Waals surface area (Å²) in [5, 5.41) is 16.1.